The Morgan fingerprint density at radius 3 is 2.65 bits per heavy atom. The Kier molecular flexibility index (Phi) is 5.60. The van der Waals surface area contributed by atoms with Crippen molar-refractivity contribution in [2.45, 2.75) is 13.0 Å². The fourth-order valence-electron chi connectivity index (χ4n) is 1.68. The number of carboxylic acid groups (broad SMARTS) is 1. The molecule has 0 aliphatic carbocycles. The van der Waals surface area contributed by atoms with Crippen LogP contribution in [0.2, 0.25) is 0 Å². The van der Waals surface area contributed by atoms with Gasteiger partial charge in [0.15, 0.2) is 0 Å². The van der Waals surface area contributed by atoms with Gasteiger partial charge in [-0.1, -0.05) is 12.1 Å². The lowest BCUT2D eigenvalue weighted by Crippen LogP contribution is -2.25. The third kappa shape index (κ3) is 4.02. The van der Waals surface area contributed by atoms with E-state index in [1.807, 2.05) is 0 Å². The molecule has 0 unspecified atom stereocenters. The maximum atomic E-state index is 11.1. The van der Waals surface area contributed by atoms with Crippen molar-refractivity contribution >= 4 is 17.6 Å². The van der Waals surface area contributed by atoms with Crippen molar-refractivity contribution in [1.29, 1.82) is 0 Å². The molecule has 0 aliphatic rings. The number of carbonyl (C=O) groups excluding carboxylic acids is 1. The minimum absolute atomic E-state index is 0.139. The number of amides is 1. The molecular weight excluding hydrogens is 266 g/mol. The molecule has 0 spiro atoms. The highest BCUT2D eigenvalue weighted by molar-refractivity contribution is 5.94. The second-order valence-electron chi connectivity index (χ2n) is 3.97. The molecule has 1 aromatic rings. The molecular formula is C12H15N3O5. The number of rotatable bonds is 7. The van der Waals surface area contributed by atoms with Crippen molar-refractivity contribution in [1.82, 2.24) is 10.6 Å². The fourth-order valence-corrected chi connectivity index (χ4v) is 1.68. The lowest BCUT2D eigenvalue weighted by Gasteiger charge is -2.08. The quantitative estimate of drug-likeness (QED) is 0.380. The van der Waals surface area contributed by atoms with Gasteiger partial charge in [-0.25, -0.2) is 4.79 Å². The van der Waals surface area contributed by atoms with Crippen molar-refractivity contribution in [3.8, 4) is 0 Å². The number of hydrogen-bond donors (Lipinski definition) is 3. The van der Waals surface area contributed by atoms with Crippen LogP contribution in [0.3, 0.4) is 0 Å². The van der Waals surface area contributed by atoms with E-state index < -0.39 is 16.6 Å². The maximum absolute atomic E-state index is 11.1. The maximum Gasteiger partial charge on any atom is 0.343 e. The average Bonchev–Trinajstić information content (AvgIpc) is 2.42. The highest BCUT2D eigenvalue weighted by atomic mass is 16.6. The van der Waals surface area contributed by atoms with Crippen molar-refractivity contribution in [3.63, 3.8) is 0 Å². The molecule has 0 fully saturated rings. The number of carbonyl (C=O) groups is 2. The van der Waals surface area contributed by atoms with Crippen LogP contribution in [-0.4, -0.2) is 35.5 Å². The third-order valence-corrected chi connectivity index (χ3v) is 2.66. The number of benzene rings is 1. The molecule has 0 saturated carbocycles. The number of nitro groups is 1. The van der Waals surface area contributed by atoms with Gasteiger partial charge in [0.25, 0.3) is 5.69 Å². The number of aromatic carboxylic acids is 1. The van der Waals surface area contributed by atoms with Crippen molar-refractivity contribution in [2.24, 2.45) is 0 Å². The summed E-state index contributed by atoms with van der Waals surface area (Å²) in [7, 11) is 1.52. The first-order valence-corrected chi connectivity index (χ1v) is 5.88. The molecule has 0 bridgehead atoms. The van der Waals surface area contributed by atoms with Gasteiger partial charge in [-0.15, -0.1) is 0 Å². The van der Waals surface area contributed by atoms with Gasteiger partial charge < -0.3 is 15.7 Å². The first-order valence-electron chi connectivity index (χ1n) is 5.88. The summed E-state index contributed by atoms with van der Waals surface area (Å²) in [4.78, 5) is 32.2. The Morgan fingerprint density at radius 2 is 2.10 bits per heavy atom. The first kappa shape index (κ1) is 15.6. The van der Waals surface area contributed by atoms with E-state index in [1.54, 1.807) is 0 Å². The molecule has 0 aliphatic heterocycles. The van der Waals surface area contributed by atoms with Crippen LogP contribution in [0.25, 0.3) is 0 Å². The van der Waals surface area contributed by atoms with Gasteiger partial charge >= 0.3 is 5.97 Å². The summed E-state index contributed by atoms with van der Waals surface area (Å²) in [6.07, 6.45) is 0.244. The van der Waals surface area contributed by atoms with Crippen LogP contribution in [0.15, 0.2) is 18.2 Å². The Morgan fingerprint density at radius 1 is 1.40 bits per heavy atom. The van der Waals surface area contributed by atoms with E-state index in [0.717, 1.165) is 6.07 Å². The van der Waals surface area contributed by atoms with Gasteiger partial charge in [-0.05, 0) is 5.56 Å². The van der Waals surface area contributed by atoms with Crippen LogP contribution in [0.1, 0.15) is 22.3 Å². The molecule has 108 valence electrons. The zero-order valence-electron chi connectivity index (χ0n) is 10.9. The molecule has 3 N–H and O–H groups in total. The summed E-state index contributed by atoms with van der Waals surface area (Å²) >= 11 is 0. The van der Waals surface area contributed by atoms with Gasteiger partial charge in [0.05, 0.1) is 4.92 Å². The van der Waals surface area contributed by atoms with Crippen molar-refractivity contribution in [2.75, 3.05) is 13.6 Å². The van der Waals surface area contributed by atoms with Crippen LogP contribution in [-0.2, 0) is 11.3 Å². The lowest BCUT2D eigenvalue weighted by atomic mass is 10.1. The summed E-state index contributed by atoms with van der Waals surface area (Å²) in [5.74, 6) is -1.49. The number of nitrogens with zero attached hydrogens (tertiary/aromatic N) is 1. The summed E-state index contributed by atoms with van der Waals surface area (Å²) in [5, 5.41) is 25.2. The minimum atomic E-state index is -1.35. The van der Waals surface area contributed by atoms with Crippen LogP contribution in [0, 0.1) is 10.1 Å². The van der Waals surface area contributed by atoms with Gasteiger partial charge in [0.1, 0.15) is 5.56 Å². The second kappa shape index (κ2) is 7.19. The Labute approximate surface area is 114 Å². The summed E-state index contributed by atoms with van der Waals surface area (Å²) < 4.78 is 0. The highest BCUT2D eigenvalue weighted by Crippen LogP contribution is 2.22. The van der Waals surface area contributed by atoms with E-state index in [-0.39, 0.29) is 24.4 Å². The van der Waals surface area contributed by atoms with Gasteiger partial charge in [-0.2, -0.15) is 0 Å². The van der Waals surface area contributed by atoms with Crippen LogP contribution >= 0.6 is 0 Å². The molecule has 20 heavy (non-hydrogen) atoms. The molecule has 0 atom stereocenters. The topological polar surface area (TPSA) is 122 Å². The molecule has 1 rings (SSSR count). The van der Waals surface area contributed by atoms with E-state index >= 15 is 0 Å². The highest BCUT2D eigenvalue weighted by Gasteiger charge is 2.22. The van der Waals surface area contributed by atoms with E-state index in [2.05, 4.69) is 10.6 Å². The number of carboxylic acids is 1. The van der Waals surface area contributed by atoms with Gasteiger partial charge in [0.2, 0.25) is 5.91 Å². The van der Waals surface area contributed by atoms with Gasteiger partial charge in [-0.3, -0.25) is 14.9 Å². The standard InChI is InChI=1S/C12H15N3O5/c1-13-10(16)5-6-14-7-8-3-2-4-9(15(19)20)11(8)12(17)18/h2-4,14H,5-7H2,1H3,(H,13,16)(H,17,18). The van der Waals surface area contributed by atoms with E-state index in [4.69, 9.17) is 5.11 Å². The van der Waals surface area contributed by atoms with E-state index in [1.165, 1.54) is 19.2 Å². The SMILES string of the molecule is CNC(=O)CCNCc1cccc([N+](=O)[O-])c1C(=O)O. The summed E-state index contributed by atoms with van der Waals surface area (Å²) in [6, 6.07) is 4.08. The smallest absolute Gasteiger partial charge is 0.343 e. The lowest BCUT2D eigenvalue weighted by molar-refractivity contribution is -0.385. The Hall–Kier alpha value is -2.48. The number of hydrogen-bond acceptors (Lipinski definition) is 5. The monoisotopic (exact) mass is 281 g/mol. The normalized spacial score (nSPS) is 10.1. The number of nitrogens with one attached hydrogen (secondary N) is 2. The molecule has 0 heterocycles. The molecule has 1 aromatic carbocycles. The zero-order chi connectivity index (χ0) is 15.1. The minimum Gasteiger partial charge on any atom is -0.477 e. The zero-order valence-corrected chi connectivity index (χ0v) is 10.9. The van der Waals surface area contributed by atoms with Crippen molar-refractivity contribution in [3.05, 3.63) is 39.4 Å². The molecule has 8 heteroatoms. The third-order valence-electron chi connectivity index (χ3n) is 2.66. The fraction of sp³-hybridized carbons (Fsp3) is 0.333. The second-order valence-corrected chi connectivity index (χ2v) is 3.97. The predicted octanol–water partition coefficient (Wildman–Crippen LogP) is 0.519. The van der Waals surface area contributed by atoms with Crippen molar-refractivity contribution < 1.29 is 19.6 Å². The van der Waals surface area contributed by atoms with Crippen LogP contribution in [0.4, 0.5) is 5.69 Å². The van der Waals surface area contributed by atoms with Crippen LogP contribution in [0.5, 0.6) is 0 Å². The molecule has 0 radical (unpaired) electrons. The first-order chi connectivity index (χ1) is 9.47. The Balaban J connectivity index is 2.79. The van der Waals surface area contributed by atoms with E-state index in [0.29, 0.717) is 12.1 Å². The molecule has 0 aromatic heterocycles. The summed E-state index contributed by atoms with van der Waals surface area (Å²) in [5.41, 5.74) is -0.461. The molecule has 8 nitrogen and oxygen atoms in total. The molecule has 0 saturated heterocycles. The summed E-state index contributed by atoms with van der Waals surface area (Å²) in [6.45, 7) is 0.488. The van der Waals surface area contributed by atoms with E-state index in [9.17, 15) is 19.7 Å². The average molecular weight is 281 g/mol. The Bertz CT molecular complexity index is 530. The van der Waals surface area contributed by atoms with Gasteiger partial charge in [0, 0.05) is 32.6 Å². The number of nitro benzene ring substituents is 1. The predicted molar refractivity (Wildman–Crippen MR) is 70.4 cm³/mol. The van der Waals surface area contributed by atoms with Crippen LogP contribution < -0.4 is 10.6 Å². The largest absolute Gasteiger partial charge is 0.477 e. The molecule has 1 amide bonds.